The first-order valence-corrected chi connectivity index (χ1v) is 8.29. The van der Waals surface area contributed by atoms with Crippen LogP contribution in [-0.4, -0.2) is 36.6 Å². The molecule has 1 saturated carbocycles. The molecular weight excluding hydrogens is 268 g/mol. The maximum absolute atomic E-state index is 12.5. The highest BCUT2D eigenvalue weighted by Crippen LogP contribution is 2.33. The van der Waals surface area contributed by atoms with Crippen molar-refractivity contribution in [2.45, 2.75) is 51.9 Å². The molecule has 5 nitrogen and oxygen atoms in total. The predicted octanol–water partition coefficient (Wildman–Crippen LogP) is 1.77. The number of hydrogen-bond acceptors (Lipinski definition) is 3. The maximum atomic E-state index is 12.5. The number of amides is 1. The van der Waals surface area contributed by atoms with Crippen molar-refractivity contribution in [3.63, 3.8) is 0 Å². The average molecular weight is 296 g/mol. The molecule has 0 atom stereocenters. The van der Waals surface area contributed by atoms with Gasteiger partial charge >= 0.3 is 5.97 Å². The number of carboxylic acids is 1. The lowest BCUT2D eigenvalue weighted by molar-refractivity contribution is -0.143. The van der Waals surface area contributed by atoms with Crippen LogP contribution in [0.2, 0.25) is 0 Å². The summed E-state index contributed by atoms with van der Waals surface area (Å²) in [6.45, 7) is 4.65. The van der Waals surface area contributed by atoms with Crippen molar-refractivity contribution in [1.82, 2.24) is 10.6 Å². The predicted molar refractivity (Wildman–Crippen MR) is 80.9 cm³/mol. The van der Waals surface area contributed by atoms with E-state index in [0.717, 1.165) is 58.0 Å². The lowest BCUT2D eigenvalue weighted by Gasteiger charge is -2.36. The van der Waals surface area contributed by atoms with E-state index in [-0.39, 0.29) is 17.2 Å². The minimum absolute atomic E-state index is 0.177. The van der Waals surface area contributed by atoms with E-state index in [1.54, 1.807) is 0 Å². The molecule has 0 unspecified atom stereocenters. The number of piperidine rings is 1. The first-order valence-electron chi connectivity index (χ1n) is 8.29. The summed E-state index contributed by atoms with van der Waals surface area (Å²) >= 11 is 0. The molecule has 5 heteroatoms. The summed E-state index contributed by atoms with van der Waals surface area (Å²) < 4.78 is 0. The van der Waals surface area contributed by atoms with Crippen LogP contribution in [0.25, 0.3) is 0 Å². The number of carbonyl (C=O) groups excluding carboxylic acids is 1. The second-order valence-electron chi connectivity index (χ2n) is 6.65. The molecular formula is C16H28N2O3. The van der Waals surface area contributed by atoms with Crippen molar-refractivity contribution >= 4 is 11.9 Å². The number of hydrogen-bond donors (Lipinski definition) is 3. The van der Waals surface area contributed by atoms with Gasteiger partial charge < -0.3 is 15.7 Å². The van der Waals surface area contributed by atoms with Gasteiger partial charge in [-0.2, -0.15) is 0 Å². The van der Waals surface area contributed by atoms with Gasteiger partial charge in [0.1, 0.15) is 0 Å². The highest BCUT2D eigenvalue weighted by atomic mass is 16.4. The molecule has 1 saturated heterocycles. The Morgan fingerprint density at radius 3 is 2.33 bits per heavy atom. The third kappa shape index (κ3) is 3.96. The van der Waals surface area contributed by atoms with Crippen LogP contribution in [0.3, 0.4) is 0 Å². The molecule has 2 rings (SSSR count). The van der Waals surface area contributed by atoms with Crippen LogP contribution in [0, 0.1) is 17.3 Å². The number of rotatable bonds is 5. The Hall–Kier alpha value is -1.10. The minimum atomic E-state index is -0.669. The molecule has 3 N–H and O–H groups in total. The van der Waals surface area contributed by atoms with E-state index in [4.69, 9.17) is 5.11 Å². The second kappa shape index (κ2) is 7.25. The average Bonchev–Trinajstić information content (AvgIpc) is 2.53. The molecule has 1 heterocycles. The van der Waals surface area contributed by atoms with Crippen LogP contribution in [0.1, 0.15) is 51.9 Å². The molecule has 0 bridgehead atoms. The minimum Gasteiger partial charge on any atom is -0.481 e. The molecule has 120 valence electrons. The Balaban J connectivity index is 1.77. The number of carboxylic acid groups (broad SMARTS) is 1. The van der Waals surface area contributed by atoms with Crippen LogP contribution in [0.4, 0.5) is 0 Å². The summed E-state index contributed by atoms with van der Waals surface area (Å²) in [6.07, 6.45) is 6.06. The van der Waals surface area contributed by atoms with Crippen molar-refractivity contribution < 1.29 is 14.7 Å². The fourth-order valence-electron chi connectivity index (χ4n) is 3.68. The zero-order valence-electron chi connectivity index (χ0n) is 13.0. The summed E-state index contributed by atoms with van der Waals surface area (Å²) in [4.78, 5) is 23.5. The van der Waals surface area contributed by atoms with E-state index in [1.165, 1.54) is 0 Å². The zero-order valence-corrected chi connectivity index (χ0v) is 13.0. The third-order valence-electron chi connectivity index (χ3n) is 5.47. The van der Waals surface area contributed by atoms with Gasteiger partial charge in [-0.3, -0.25) is 9.59 Å². The highest BCUT2D eigenvalue weighted by Gasteiger charge is 2.37. The van der Waals surface area contributed by atoms with Gasteiger partial charge in [0.15, 0.2) is 0 Å². The van der Waals surface area contributed by atoms with Gasteiger partial charge in [0.25, 0.3) is 0 Å². The van der Waals surface area contributed by atoms with Crippen molar-refractivity contribution in [1.29, 1.82) is 0 Å². The van der Waals surface area contributed by atoms with Crippen LogP contribution in [0.15, 0.2) is 0 Å². The zero-order chi connectivity index (χ0) is 15.3. The molecule has 2 fully saturated rings. The smallest absolute Gasteiger partial charge is 0.306 e. The van der Waals surface area contributed by atoms with Gasteiger partial charge in [0, 0.05) is 6.54 Å². The van der Waals surface area contributed by atoms with Crippen molar-refractivity contribution in [3.05, 3.63) is 0 Å². The van der Waals surface area contributed by atoms with Gasteiger partial charge in [-0.25, -0.2) is 0 Å². The van der Waals surface area contributed by atoms with E-state index in [9.17, 15) is 9.59 Å². The molecule has 0 aromatic rings. The van der Waals surface area contributed by atoms with Crippen LogP contribution in [-0.2, 0) is 9.59 Å². The molecule has 0 spiro atoms. The molecule has 1 aliphatic heterocycles. The Bertz CT molecular complexity index is 370. The molecule has 1 aliphatic carbocycles. The van der Waals surface area contributed by atoms with Crippen molar-refractivity contribution in [3.8, 4) is 0 Å². The van der Waals surface area contributed by atoms with E-state index < -0.39 is 5.97 Å². The molecule has 0 aromatic heterocycles. The fraction of sp³-hybridized carbons (Fsp3) is 0.875. The molecule has 2 aliphatic rings. The Morgan fingerprint density at radius 2 is 1.81 bits per heavy atom. The van der Waals surface area contributed by atoms with Crippen LogP contribution < -0.4 is 10.6 Å². The third-order valence-corrected chi connectivity index (χ3v) is 5.47. The summed E-state index contributed by atoms with van der Waals surface area (Å²) in [6, 6.07) is 0. The lowest BCUT2D eigenvalue weighted by Crippen LogP contribution is -2.48. The first-order chi connectivity index (χ1) is 10.1. The van der Waals surface area contributed by atoms with Crippen LogP contribution in [0.5, 0.6) is 0 Å². The van der Waals surface area contributed by atoms with Gasteiger partial charge in [0.2, 0.25) is 5.91 Å². The largest absolute Gasteiger partial charge is 0.481 e. The summed E-state index contributed by atoms with van der Waals surface area (Å²) in [7, 11) is 0. The van der Waals surface area contributed by atoms with Crippen molar-refractivity contribution in [2.75, 3.05) is 19.6 Å². The molecule has 0 radical (unpaired) electrons. The van der Waals surface area contributed by atoms with Gasteiger partial charge in [-0.1, -0.05) is 6.92 Å². The molecule has 21 heavy (non-hydrogen) atoms. The fourth-order valence-corrected chi connectivity index (χ4v) is 3.68. The summed E-state index contributed by atoms with van der Waals surface area (Å²) in [5.74, 6) is -0.201. The van der Waals surface area contributed by atoms with Gasteiger partial charge in [-0.05, 0) is 64.0 Å². The normalized spacial score (nSPS) is 28.8. The Kier molecular flexibility index (Phi) is 5.62. The monoisotopic (exact) mass is 296 g/mol. The molecule has 0 aromatic carbocycles. The number of nitrogens with one attached hydrogen (secondary N) is 2. The highest BCUT2D eigenvalue weighted by molar-refractivity contribution is 5.82. The second-order valence-corrected chi connectivity index (χ2v) is 6.65. The van der Waals surface area contributed by atoms with Gasteiger partial charge in [0.05, 0.1) is 11.3 Å². The van der Waals surface area contributed by atoms with E-state index in [0.29, 0.717) is 12.5 Å². The Labute approximate surface area is 126 Å². The summed E-state index contributed by atoms with van der Waals surface area (Å²) in [5.41, 5.74) is -0.191. The number of carbonyl (C=O) groups is 2. The SMILES string of the molecule is CCC1(C(=O)NCC2CCC(C(=O)O)CC2)CCNCC1. The maximum Gasteiger partial charge on any atom is 0.306 e. The lowest BCUT2D eigenvalue weighted by atomic mass is 9.75. The van der Waals surface area contributed by atoms with E-state index >= 15 is 0 Å². The van der Waals surface area contributed by atoms with Crippen molar-refractivity contribution in [2.24, 2.45) is 17.3 Å². The molecule has 1 amide bonds. The van der Waals surface area contributed by atoms with Gasteiger partial charge in [-0.15, -0.1) is 0 Å². The van der Waals surface area contributed by atoms with E-state index in [1.807, 2.05) is 0 Å². The van der Waals surface area contributed by atoms with Crippen LogP contribution >= 0.6 is 0 Å². The topological polar surface area (TPSA) is 78.4 Å². The quantitative estimate of drug-likeness (QED) is 0.722. The first kappa shape index (κ1) is 16.3. The van der Waals surface area contributed by atoms with E-state index in [2.05, 4.69) is 17.6 Å². The standard InChI is InChI=1S/C16H28N2O3/c1-2-16(7-9-17-10-8-16)15(21)18-11-12-3-5-13(6-4-12)14(19)20/h12-13,17H,2-11H2,1H3,(H,18,21)(H,19,20). The Morgan fingerprint density at radius 1 is 1.19 bits per heavy atom. The number of aliphatic carboxylic acids is 1. The summed E-state index contributed by atoms with van der Waals surface area (Å²) in [5, 5.41) is 15.5.